The molecule has 0 bridgehead atoms. The standard InChI is InChI=1S/C3H8.H3P.H2/c1-3-2;;/h3H2,1-2H3;1H3;1H/i;;1+2. The fourth-order valence-corrected chi connectivity index (χ4v) is 0. The van der Waals surface area contributed by atoms with E-state index < -0.39 is 0 Å². The second-order valence-electron chi connectivity index (χ2n) is 0.707. The largest absolute Gasteiger partial charge is 0.153 e. The van der Waals surface area contributed by atoms with Crippen LogP contribution >= 0.6 is 9.90 Å². The van der Waals surface area contributed by atoms with Crippen LogP contribution in [-0.2, 0) is 0 Å². The first kappa shape index (κ1) is 8.83. The Hall–Kier alpha value is 0.430. The molecule has 0 fully saturated rings. The van der Waals surface area contributed by atoms with Crippen LogP contribution in [0.25, 0.3) is 0 Å². The van der Waals surface area contributed by atoms with Gasteiger partial charge in [-0.3, -0.25) is 0 Å². The van der Waals surface area contributed by atoms with Crippen molar-refractivity contribution in [3.8, 4) is 0 Å². The molecule has 0 N–H and O–H groups in total. The third kappa shape index (κ3) is 26.9. The molecule has 0 aliphatic heterocycles. The van der Waals surface area contributed by atoms with Gasteiger partial charge in [0, 0.05) is 1.43 Å². The van der Waals surface area contributed by atoms with Crippen LogP contribution < -0.4 is 0 Å². The molecule has 0 rings (SSSR count). The van der Waals surface area contributed by atoms with Crippen molar-refractivity contribution in [1.29, 1.82) is 0 Å². The van der Waals surface area contributed by atoms with Crippen LogP contribution in [0.15, 0.2) is 0 Å². The normalized spacial score (nSPS) is 4.50. The molecule has 0 aromatic heterocycles. The molecule has 0 saturated heterocycles. The molecule has 0 aromatic rings. The summed E-state index contributed by atoms with van der Waals surface area (Å²) in [4.78, 5) is 0. The lowest BCUT2D eigenvalue weighted by Crippen LogP contribution is -1.27. The summed E-state index contributed by atoms with van der Waals surface area (Å²) in [5.74, 6) is 0. The van der Waals surface area contributed by atoms with E-state index in [9.17, 15) is 0 Å². The van der Waals surface area contributed by atoms with Gasteiger partial charge in [0.25, 0.3) is 0 Å². The Balaban J connectivity index is -0.0000000200. The van der Waals surface area contributed by atoms with E-state index in [0.29, 0.717) is 0 Å². The average Bonchev–Trinajstić information content (AvgIpc) is 0.918. The minimum Gasteiger partial charge on any atom is -0.153 e. The average molecular weight is 82.1 g/mol. The third-order valence-electron chi connectivity index (χ3n) is 0. The van der Waals surface area contributed by atoms with Gasteiger partial charge in [-0.25, -0.2) is 0 Å². The van der Waals surface area contributed by atoms with E-state index in [-0.39, 0.29) is 11.3 Å². The predicted octanol–water partition coefficient (Wildman–Crippen LogP) is 1.72. The van der Waals surface area contributed by atoms with Crippen molar-refractivity contribution in [2.75, 3.05) is 0 Å². The monoisotopic (exact) mass is 82.1 g/mol. The van der Waals surface area contributed by atoms with Crippen molar-refractivity contribution in [2.45, 2.75) is 20.3 Å². The summed E-state index contributed by atoms with van der Waals surface area (Å²) in [6, 6.07) is 0. The molecule has 30 valence electrons. The van der Waals surface area contributed by atoms with Gasteiger partial charge in [-0.1, -0.05) is 20.3 Å². The molecular formula is C3H13P. The summed E-state index contributed by atoms with van der Waals surface area (Å²) in [7, 11) is 0. The topological polar surface area (TPSA) is 0 Å². The van der Waals surface area contributed by atoms with Crippen LogP contribution in [0, 0.1) is 0 Å². The van der Waals surface area contributed by atoms with Gasteiger partial charge in [-0.15, -0.1) is 0 Å². The summed E-state index contributed by atoms with van der Waals surface area (Å²) < 4.78 is 0. The van der Waals surface area contributed by atoms with Gasteiger partial charge in [0.1, 0.15) is 0 Å². The number of hydrogen-bond acceptors (Lipinski definition) is 0. The summed E-state index contributed by atoms with van der Waals surface area (Å²) in [5, 5.41) is 0. The molecule has 1 heteroatoms. The smallest absolute Gasteiger partial charge is 0 e. The molecule has 0 radical (unpaired) electrons. The molecule has 0 heterocycles. The van der Waals surface area contributed by atoms with E-state index in [2.05, 4.69) is 13.8 Å². The summed E-state index contributed by atoms with van der Waals surface area (Å²) in [6.45, 7) is 4.25. The maximum absolute atomic E-state index is 2.12. The molecular weight excluding hydrogens is 67.0 g/mol. The second-order valence-corrected chi connectivity index (χ2v) is 0.707. The first-order valence-electron chi connectivity index (χ1n) is 1.41. The van der Waals surface area contributed by atoms with Gasteiger partial charge in [0.15, 0.2) is 0 Å². The Morgan fingerprint density at radius 1 is 1.50 bits per heavy atom. The third-order valence-corrected chi connectivity index (χ3v) is 0. The summed E-state index contributed by atoms with van der Waals surface area (Å²) in [6.07, 6.45) is 1.25. The molecule has 0 spiro atoms. The molecule has 0 amide bonds. The van der Waals surface area contributed by atoms with Crippen LogP contribution in [0.1, 0.15) is 21.7 Å². The lowest BCUT2D eigenvalue weighted by molar-refractivity contribution is 1.09. The minimum atomic E-state index is 0. The van der Waals surface area contributed by atoms with Gasteiger partial charge in [-0.2, -0.15) is 9.90 Å². The van der Waals surface area contributed by atoms with Crippen molar-refractivity contribution in [1.82, 2.24) is 0 Å². The summed E-state index contributed by atoms with van der Waals surface area (Å²) in [5.41, 5.74) is 0. The van der Waals surface area contributed by atoms with Gasteiger partial charge < -0.3 is 0 Å². The Labute approximate surface area is 32.7 Å². The van der Waals surface area contributed by atoms with Crippen molar-refractivity contribution in [2.24, 2.45) is 0 Å². The fourth-order valence-electron chi connectivity index (χ4n) is 0. The number of hydrogen-bond donors (Lipinski definition) is 0. The Morgan fingerprint density at radius 3 is 1.50 bits per heavy atom. The molecule has 1 atom stereocenters. The zero-order chi connectivity index (χ0) is 2.71. The molecule has 0 saturated carbocycles. The lowest BCUT2D eigenvalue weighted by atomic mass is 10.6. The molecule has 0 aromatic carbocycles. The Bertz CT molecular complexity index is 6.85. The fraction of sp³-hybridized carbons (Fsp3) is 1.00. The van der Waals surface area contributed by atoms with E-state index in [0.717, 1.165) is 0 Å². The SMILES string of the molecule is CCC.P.[3HH]. The highest BCUT2D eigenvalue weighted by Gasteiger charge is 1.35. The first-order valence-corrected chi connectivity index (χ1v) is 1.41. The molecule has 4 heavy (non-hydrogen) atoms. The lowest BCUT2D eigenvalue weighted by Gasteiger charge is -1.48. The van der Waals surface area contributed by atoms with Crippen LogP contribution in [0.3, 0.4) is 0 Å². The van der Waals surface area contributed by atoms with Crippen LogP contribution in [-0.4, -0.2) is 0 Å². The maximum atomic E-state index is 2.12. The summed E-state index contributed by atoms with van der Waals surface area (Å²) >= 11 is 0. The highest BCUT2D eigenvalue weighted by Crippen LogP contribution is 1.56. The molecule has 0 aliphatic carbocycles. The van der Waals surface area contributed by atoms with Gasteiger partial charge >= 0.3 is 0 Å². The van der Waals surface area contributed by atoms with Crippen molar-refractivity contribution in [3.63, 3.8) is 0 Å². The first-order chi connectivity index (χ1) is 1.41. The van der Waals surface area contributed by atoms with E-state index in [4.69, 9.17) is 0 Å². The van der Waals surface area contributed by atoms with Gasteiger partial charge in [-0.05, 0) is 0 Å². The van der Waals surface area contributed by atoms with Crippen LogP contribution in [0.4, 0.5) is 0 Å². The van der Waals surface area contributed by atoms with E-state index in [1.807, 2.05) is 0 Å². The van der Waals surface area contributed by atoms with Gasteiger partial charge in [0.05, 0.1) is 0 Å². The Morgan fingerprint density at radius 2 is 1.50 bits per heavy atom. The highest BCUT2D eigenvalue weighted by atomic mass is 31.0. The van der Waals surface area contributed by atoms with Crippen molar-refractivity contribution >= 4 is 9.90 Å². The second kappa shape index (κ2) is 9.90. The predicted molar refractivity (Wildman–Crippen MR) is 29.2 cm³/mol. The van der Waals surface area contributed by atoms with E-state index >= 15 is 0 Å². The molecule has 0 nitrogen and oxygen atoms in total. The van der Waals surface area contributed by atoms with Crippen LogP contribution in [0.2, 0.25) is 0 Å². The highest BCUT2D eigenvalue weighted by molar-refractivity contribution is 6.92. The van der Waals surface area contributed by atoms with Crippen molar-refractivity contribution < 1.29 is 1.43 Å². The van der Waals surface area contributed by atoms with Gasteiger partial charge in [0.2, 0.25) is 0 Å². The quantitative estimate of drug-likeness (QED) is 0.390. The van der Waals surface area contributed by atoms with E-state index in [1.54, 1.807) is 0 Å². The minimum absolute atomic E-state index is 0. The van der Waals surface area contributed by atoms with Crippen molar-refractivity contribution in [3.05, 3.63) is 0 Å². The maximum Gasteiger partial charge on any atom is 0 e. The number of rotatable bonds is 0. The Kier molecular flexibility index (Phi) is 21.9. The van der Waals surface area contributed by atoms with Crippen LogP contribution in [0.5, 0.6) is 0 Å². The molecule has 0 aliphatic rings. The molecule has 1 unspecified atom stereocenters. The zero-order valence-corrected chi connectivity index (χ0v) is 4.83. The van der Waals surface area contributed by atoms with E-state index in [1.165, 1.54) is 6.42 Å². The zero-order valence-electron chi connectivity index (χ0n) is 3.41.